The molecule has 2 aliphatic heterocycles. The highest BCUT2D eigenvalue weighted by Crippen LogP contribution is 2.38. The fourth-order valence-corrected chi connectivity index (χ4v) is 12.6. The third kappa shape index (κ3) is 8.99. The van der Waals surface area contributed by atoms with Crippen LogP contribution in [0.1, 0.15) is 77.0 Å². The van der Waals surface area contributed by atoms with Gasteiger partial charge in [0.25, 0.3) is 10.0 Å². The molecule has 2 aromatic rings. The van der Waals surface area contributed by atoms with Gasteiger partial charge in [0.05, 0.1) is 21.5 Å². The van der Waals surface area contributed by atoms with Gasteiger partial charge in [-0.1, -0.05) is 55.3 Å². The summed E-state index contributed by atoms with van der Waals surface area (Å²) >= 11 is 17.1. The van der Waals surface area contributed by atoms with Crippen LogP contribution in [0.25, 0.3) is 0 Å². The zero-order chi connectivity index (χ0) is 33.1. The number of carbonyl (C=O) groups is 1. The molecule has 1 saturated carbocycles. The molecular weight excluding hydrogens is 757 g/mol. The Morgan fingerprint density at radius 3 is 2.09 bits per heavy atom. The summed E-state index contributed by atoms with van der Waals surface area (Å²) in [4.78, 5) is 13.6. The van der Waals surface area contributed by atoms with Crippen LogP contribution >= 0.6 is 50.5 Å². The van der Waals surface area contributed by atoms with Gasteiger partial charge in [0.2, 0.25) is 10.0 Å². The van der Waals surface area contributed by atoms with E-state index in [1.807, 2.05) is 0 Å². The molecule has 3 aliphatic rings. The van der Waals surface area contributed by atoms with Crippen LogP contribution in [0.2, 0.25) is 9.36 Å². The van der Waals surface area contributed by atoms with E-state index < -0.39 is 31.9 Å². The molecule has 3 heterocycles. The Balaban J connectivity index is 0.983. The monoisotopic (exact) mass is 797 g/mol. The number of carboxylic acid groups (broad SMARTS) is 1. The number of aliphatic carboxylic acids is 1. The van der Waals surface area contributed by atoms with Gasteiger partial charge in [-0.3, -0.25) is 4.79 Å². The van der Waals surface area contributed by atoms with Crippen LogP contribution in [0.3, 0.4) is 0 Å². The standard InChI is InChI=1S/C31H42BrCl2N3O6S3/c32-26-20-29(44-30(26)34)46(42,43)37-16-12-22(13-17-37)5-3-1-2-4-21-10-14-36(15-11-21)28-9-8-25(19-27(28)33)45(40,41)35-24-7-6-23(18-24)31(38)39/h8-9,19-24,35H,1-7,10-18H2,(H,38,39). The zero-order valence-electron chi connectivity index (χ0n) is 25.7. The van der Waals surface area contributed by atoms with Gasteiger partial charge < -0.3 is 10.0 Å². The molecule has 2 unspecified atom stereocenters. The van der Waals surface area contributed by atoms with Crippen LogP contribution < -0.4 is 9.62 Å². The summed E-state index contributed by atoms with van der Waals surface area (Å²) in [5, 5.41) is 9.61. The number of thiophene rings is 1. The van der Waals surface area contributed by atoms with E-state index >= 15 is 0 Å². The lowest BCUT2D eigenvalue weighted by atomic mass is 9.89. The minimum Gasteiger partial charge on any atom is -0.481 e. The van der Waals surface area contributed by atoms with Crippen molar-refractivity contribution in [1.29, 1.82) is 0 Å². The number of anilines is 1. The second-order valence-electron chi connectivity index (χ2n) is 12.9. The third-order valence-electron chi connectivity index (χ3n) is 9.80. The van der Waals surface area contributed by atoms with Crippen LogP contribution in [-0.4, -0.2) is 64.4 Å². The van der Waals surface area contributed by atoms with E-state index in [1.54, 1.807) is 22.5 Å². The average Bonchev–Trinajstić information content (AvgIpc) is 3.63. The van der Waals surface area contributed by atoms with Crippen molar-refractivity contribution in [2.75, 3.05) is 31.1 Å². The summed E-state index contributed by atoms with van der Waals surface area (Å²) in [5.74, 6) is -0.151. The molecule has 0 spiro atoms. The molecule has 46 heavy (non-hydrogen) atoms. The number of rotatable bonds is 13. The van der Waals surface area contributed by atoms with E-state index in [4.69, 9.17) is 23.2 Å². The van der Waals surface area contributed by atoms with E-state index in [1.165, 1.54) is 31.7 Å². The highest BCUT2D eigenvalue weighted by atomic mass is 79.9. The first-order chi connectivity index (χ1) is 21.8. The first kappa shape index (κ1) is 36.4. The van der Waals surface area contributed by atoms with Crippen molar-refractivity contribution in [3.63, 3.8) is 0 Å². The summed E-state index contributed by atoms with van der Waals surface area (Å²) in [6.07, 6.45) is 11.1. The van der Waals surface area contributed by atoms with Crippen molar-refractivity contribution in [3.8, 4) is 0 Å². The number of nitrogens with one attached hydrogen (secondary N) is 1. The van der Waals surface area contributed by atoms with Gasteiger partial charge in [-0.2, -0.15) is 4.31 Å². The Hall–Kier alpha value is -0.930. The first-order valence-electron chi connectivity index (χ1n) is 16.1. The van der Waals surface area contributed by atoms with Gasteiger partial charge in [-0.25, -0.2) is 21.6 Å². The number of sulfonamides is 2. The van der Waals surface area contributed by atoms with Crippen LogP contribution in [-0.2, 0) is 24.8 Å². The van der Waals surface area contributed by atoms with Crippen molar-refractivity contribution in [1.82, 2.24) is 9.03 Å². The molecular formula is C31H42BrCl2N3O6S3. The van der Waals surface area contributed by atoms with Crippen molar-refractivity contribution in [2.45, 2.75) is 92.2 Å². The Bertz CT molecular complexity index is 1570. The molecule has 1 aromatic carbocycles. The lowest BCUT2D eigenvalue weighted by Gasteiger charge is -2.34. The molecule has 0 amide bonds. The summed E-state index contributed by atoms with van der Waals surface area (Å²) in [6, 6.07) is 6.08. The molecule has 2 saturated heterocycles. The minimum absolute atomic E-state index is 0.0997. The fourth-order valence-electron chi connectivity index (χ4n) is 7.04. The number of unbranched alkanes of at least 4 members (excludes halogenated alkanes) is 2. The van der Waals surface area contributed by atoms with Gasteiger partial charge in [-0.05, 0) is 97.0 Å². The Labute approximate surface area is 295 Å². The van der Waals surface area contributed by atoms with Crippen LogP contribution in [0.5, 0.6) is 0 Å². The van der Waals surface area contributed by atoms with E-state index in [-0.39, 0.29) is 10.9 Å². The maximum Gasteiger partial charge on any atom is 0.306 e. The summed E-state index contributed by atoms with van der Waals surface area (Å²) < 4.78 is 57.4. The summed E-state index contributed by atoms with van der Waals surface area (Å²) in [6.45, 7) is 2.88. The molecule has 256 valence electrons. The SMILES string of the molecule is O=C(O)C1CCC(NS(=O)(=O)c2ccc(N3CCC(CCCCCC4CCN(S(=O)(=O)c5cc(Br)c(Cl)s5)CC4)CC3)c(Cl)c2)C1. The fraction of sp³-hybridized carbons (Fsp3) is 0.645. The number of carboxylic acids is 1. The third-order valence-corrected chi connectivity index (χ3v) is 16.4. The number of halogens is 3. The van der Waals surface area contributed by atoms with Crippen LogP contribution in [0.15, 0.2) is 37.8 Å². The molecule has 2 atom stereocenters. The Morgan fingerprint density at radius 1 is 0.913 bits per heavy atom. The van der Waals surface area contributed by atoms with E-state index in [2.05, 4.69) is 25.6 Å². The normalized spacial score (nSPS) is 22.5. The molecule has 5 rings (SSSR count). The Kier molecular flexibility index (Phi) is 12.4. The van der Waals surface area contributed by atoms with Gasteiger partial charge in [0.1, 0.15) is 8.55 Å². The van der Waals surface area contributed by atoms with E-state index in [0.717, 1.165) is 62.2 Å². The lowest BCUT2D eigenvalue weighted by molar-refractivity contribution is -0.141. The second-order valence-corrected chi connectivity index (χ2v) is 19.7. The molecule has 1 aromatic heterocycles. The van der Waals surface area contributed by atoms with Crippen molar-refractivity contribution < 1.29 is 26.7 Å². The summed E-state index contributed by atoms with van der Waals surface area (Å²) in [7, 11) is -7.28. The van der Waals surface area contributed by atoms with Crippen molar-refractivity contribution in [2.24, 2.45) is 17.8 Å². The van der Waals surface area contributed by atoms with Gasteiger partial charge in [0.15, 0.2) is 0 Å². The van der Waals surface area contributed by atoms with E-state index in [9.17, 15) is 26.7 Å². The van der Waals surface area contributed by atoms with Crippen LogP contribution in [0, 0.1) is 17.8 Å². The largest absolute Gasteiger partial charge is 0.481 e. The van der Waals surface area contributed by atoms with Gasteiger partial charge in [-0.15, -0.1) is 11.3 Å². The molecule has 0 radical (unpaired) electrons. The predicted octanol–water partition coefficient (Wildman–Crippen LogP) is 7.62. The molecule has 0 bridgehead atoms. The number of piperidine rings is 2. The number of nitrogens with zero attached hydrogens (tertiary/aromatic N) is 2. The highest BCUT2D eigenvalue weighted by molar-refractivity contribution is 9.10. The second kappa shape index (κ2) is 15.7. The molecule has 2 N–H and O–H groups in total. The molecule has 1 aliphatic carbocycles. The quantitative estimate of drug-likeness (QED) is 0.200. The van der Waals surface area contributed by atoms with Gasteiger partial charge in [0, 0.05) is 36.7 Å². The minimum atomic E-state index is -3.79. The maximum atomic E-state index is 13.0. The van der Waals surface area contributed by atoms with Crippen molar-refractivity contribution in [3.05, 3.63) is 38.1 Å². The maximum absolute atomic E-state index is 13.0. The molecule has 3 fully saturated rings. The number of benzene rings is 1. The van der Waals surface area contributed by atoms with Crippen LogP contribution in [0.4, 0.5) is 5.69 Å². The average molecular weight is 800 g/mol. The van der Waals surface area contributed by atoms with Crippen molar-refractivity contribution >= 4 is 82.2 Å². The molecule has 9 nitrogen and oxygen atoms in total. The predicted molar refractivity (Wildman–Crippen MR) is 187 cm³/mol. The highest BCUT2D eigenvalue weighted by Gasteiger charge is 2.33. The smallest absolute Gasteiger partial charge is 0.306 e. The van der Waals surface area contributed by atoms with E-state index in [0.29, 0.717) is 62.2 Å². The van der Waals surface area contributed by atoms with Gasteiger partial charge >= 0.3 is 5.97 Å². The lowest BCUT2D eigenvalue weighted by Crippen LogP contribution is -2.38. The Morgan fingerprint density at radius 2 is 1.54 bits per heavy atom. The molecule has 15 heteroatoms. The number of hydrogen-bond donors (Lipinski definition) is 2. The zero-order valence-corrected chi connectivity index (χ0v) is 31.2. The topological polar surface area (TPSA) is 124 Å². The first-order valence-corrected chi connectivity index (χ1v) is 21.4. The number of hydrogen-bond acceptors (Lipinski definition) is 7. The summed E-state index contributed by atoms with van der Waals surface area (Å²) in [5.41, 5.74) is 0.844.